The van der Waals surface area contributed by atoms with Gasteiger partial charge in [0.1, 0.15) is 12.1 Å². The van der Waals surface area contributed by atoms with E-state index in [2.05, 4.69) is 43.5 Å². The predicted octanol–water partition coefficient (Wildman–Crippen LogP) is 10.9. The van der Waals surface area contributed by atoms with Crippen LogP contribution >= 0.6 is 0 Å². The van der Waals surface area contributed by atoms with E-state index < -0.39 is 12.0 Å². The standard InChI is InChI=1S/C41H76N2O5/c1-3-5-7-9-11-13-15-17-19-22-26-31-37(48-40(45)35-29-25-20-18-16-14-12-10-8-6-4-2)32-27-23-21-24-28-34-39(44)43-38(41(46)47)33-30-36-42/h10,12,17,19,37-38H,3-9,11,13-16,18,20-36,42H2,1-2H3,(H,43,44)(H,46,47)/b12-10-,19-17-. The van der Waals surface area contributed by atoms with Crippen molar-refractivity contribution in [2.45, 2.75) is 212 Å². The van der Waals surface area contributed by atoms with Gasteiger partial charge < -0.3 is 20.9 Å². The Balaban J connectivity index is 4.37. The lowest BCUT2D eigenvalue weighted by molar-refractivity contribution is -0.150. The molecule has 0 aliphatic heterocycles. The lowest BCUT2D eigenvalue weighted by Crippen LogP contribution is -2.40. The van der Waals surface area contributed by atoms with Gasteiger partial charge in [0.05, 0.1) is 0 Å². The number of amides is 1. The molecule has 0 aromatic heterocycles. The fraction of sp³-hybridized carbons (Fsp3) is 0.829. The number of carbonyl (C=O) groups is 3. The van der Waals surface area contributed by atoms with Crippen LogP contribution in [0.1, 0.15) is 200 Å². The second-order valence-corrected chi connectivity index (χ2v) is 13.7. The summed E-state index contributed by atoms with van der Waals surface area (Å²) < 4.78 is 6.00. The van der Waals surface area contributed by atoms with Crippen molar-refractivity contribution in [2.75, 3.05) is 6.54 Å². The molecule has 0 saturated carbocycles. The molecule has 2 atom stereocenters. The van der Waals surface area contributed by atoms with Crippen molar-refractivity contribution in [3.8, 4) is 0 Å². The van der Waals surface area contributed by atoms with Crippen LogP contribution in [0.4, 0.5) is 0 Å². The number of hydrogen-bond donors (Lipinski definition) is 3. The summed E-state index contributed by atoms with van der Waals surface area (Å²) in [6.45, 7) is 4.89. The van der Waals surface area contributed by atoms with Gasteiger partial charge in [-0.25, -0.2) is 4.79 Å². The third-order valence-corrected chi connectivity index (χ3v) is 8.99. The number of hydrogen-bond acceptors (Lipinski definition) is 5. The van der Waals surface area contributed by atoms with Gasteiger partial charge in [0.2, 0.25) is 5.91 Å². The molecular formula is C41H76N2O5. The van der Waals surface area contributed by atoms with Crippen LogP contribution in [0.2, 0.25) is 0 Å². The summed E-state index contributed by atoms with van der Waals surface area (Å²) in [7, 11) is 0. The molecular weight excluding hydrogens is 600 g/mol. The van der Waals surface area contributed by atoms with Crippen LogP contribution in [0.15, 0.2) is 24.3 Å². The Hall–Kier alpha value is -2.15. The Bertz CT molecular complexity index is 813. The largest absolute Gasteiger partial charge is 0.480 e. The van der Waals surface area contributed by atoms with Crippen molar-refractivity contribution < 1.29 is 24.2 Å². The number of allylic oxidation sites excluding steroid dienone is 4. The molecule has 0 aromatic rings. The van der Waals surface area contributed by atoms with Gasteiger partial charge in [-0.2, -0.15) is 0 Å². The maximum atomic E-state index is 12.7. The Morgan fingerprint density at radius 3 is 1.65 bits per heavy atom. The highest BCUT2D eigenvalue weighted by Crippen LogP contribution is 2.18. The van der Waals surface area contributed by atoms with Gasteiger partial charge in [-0.15, -0.1) is 0 Å². The highest BCUT2D eigenvalue weighted by Gasteiger charge is 2.19. The Morgan fingerprint density at radius 2 is 1.06 bits per heavy atom. The third kappa shape index (κ3) is 32.4. The first-order valence-corrected chi connectivity index (χ1v) is 20.2. The second kappa shape index (κ2) is 36.1. The van der Waals surface area contributed by atoms with Crippen LogP contribution in [0, 0.1) is 0 Å². The van der Waals surface area contributed by atoms with Gasteiger partial charge in [0.15, 0.2) is 0 Å². The predicted molar refractivity (Wildman–Crippen MR) is 202 cm³/mol. The van der Waals surface area contributed by atoms with Crippen LogP contribution in [0.25, 0.3) is 0 Å². The minimum Gasteiger partial charge on any atom is -0.480 e. The molecule has 7 heteroatoms. The number of unbranched alkanes of at least 4 members (excludes halogenated alkanes) is 18. The highest BCUT2D eigenvalue weighted by molar-refractivity contribution is 5.83. The summed E-state index contributed by atoms with van der Waals surface area (Å²) >= 11 is 0. The molecule has 0 bridgehead atoms. The summed E-state index contributed by atoms with van der Waals surface area (Å²) in [4.78, 5) is 36.2. The number of carboxylic acids is 1. The summed E-state index contributed by atoms with van der Waals surface area (Å²) in [6, 6.07) is -0.857. The summed E-state index contributed by atoms with van der Waals surface area (Å²) in [5, 5.41) is 11.9. The molecule has 0 aliphatic rings. The van der Waals surface area contributed by atoms with Crippen molar-refractivity contribution in [3.05, 3.63) is 24.3 Å². The number of nitrogens with two attached hydrogens (primary N) is 1. The highest BCUT2D eigenvalue weighted by atomic mass is 16.5. The van der Waals surface area contributed by atoms with E-state index in [4.69, 9.17) is 10.5 Å². The zero-order valence-electron chi connectivity index (χ0n) is 31.3. The number of rotatable bonds is 36. The molecule has 0 spiro atoms. The molecule has 280 valence electrons. The van der Waals surface area contributed by atoms with Crippen molar-refractivity contribution in [2.24, 2.45) is 5.73 Å². The fourth-order valence-corrected chi connectivity index (χ4v) is 5.90. The van der Waals surface area contributed by atoms with E-state index in [1.165, 1.54) is 83.5 Å². The average Bonchev–Trinajstić information content (AvgIpc) is 3.07. The Morgan fingerprint density at radius 1 is 0.583 bits per heavy atom. The molecule has 0 radical (unpaired) electrons. The van der Waals surface area contributed by atoms with E-state index in [1.54, 1.807) is 0 Å². The number of carboxylic acid groups (broad SMARTS) is 1. The van der Waals surface area contributed by atoms with Crippen molar-refractivity contribution in [3.63, 3.8) is 0 Å². The van der Waals surface area contributed by atoms with E-state index in [9.17, 15) is 19.5 Å². The molecule has 0 heterocycles. The van der Waals surface area contributed by atoms with Gasteiger partial charge in [0, 0.05) is 12.8 Å². The van der Waals surface area contributed by atoms with Crippen LogP contribution in [-0.2, 0) is 19.1 Å². The molecule has 0 rings (SSSR count). The second-order valence-electron chi connectivity index (χ2n) is 13.7. The molecule has 0 fully saturated rings. The molecule has 48 heavy (non-hydrogen) atoms. The van der Waals surface area contributed by atoms with E-state index >= 15 is 0 Å². The number of ether oxygens (including phenoxy) is 1. The zero-order valence-corrected chi connectivity index (χ0v) is 31.3. The Kier molecular flexibility index (Phi) is 34.5. The minimum absolute atomic E-state index is 0.0174. The molecule has 0 saturated heterocycles. The molecule has 0 aliphatic carbocycles. The maximum Gasteiger partial charge on any atom is 0.326 e. The monoisotopic (exact) mass is 677 g/mol. The van der Waals surface area contributed by atoms with Crippen LogP contribution in [-0.4, -0.2) is 41.6 Å². The first-order valence-electron chi connectivity index (χ1n) is 20.2. The van der Waals surface area contributed by atoms with Crippen LogP contribution in [0.3, 0.4) is 0 Å². The van der Waals surface area contributed by atoms with Gasteiger partial charge in [0.25, 0.3) is 0 Å². The van der Waals surface area contributed by atoms with Crippen molar-refractivity contribution in [1.29, 1.82) is 0 Å². The Labute approximate surface area is 295 Å². The van der Waals surface area contributed by atoms with Crippen molar-refractivity contribution in [1.82, 2.24) is 5.32 Å². The topological polar surface area (TPSA) is 119 Å². The number of esters is 1. The van der Waals surface area contributed by atoms with Gasteiger partial charge in [-0.3, -0.25) is 9.59 Å². The number of nitrogens with one attached hydrogen (secondary N) is 1. The fourth-order valence-electron chi connectivity index (χ4n) is 5.90. The maximum absolute atomic E-state index is 12.7. The quantitative estimate of drug-likeness (QED) is 0.0345. The smallest absolute Gasteiger partial charge is 0.326 e. The van der Waals surface area contributed by atoms with E-state index in [0.717, 1.165) is 77.0 Å². The van der Waals surface area contributed by atoms with E-state index in [0.29, 0.717) is 32.2 Å². The summed E-state index contributed by atoms with van der Waals surface area (Å²) in [5.41, 5.74) is 5.47. The molecule has 0 aromatic carbocycles. The van der Waals surface area contributed by atoms with Gasteiger partial charge in [-0.1, -0.05) is 122 Å². The molecule has 4 N–H and O–H groups in total. The summed E-state index contributed by atoms with van der Waals surface area (Å²) in [6.07, 6.45) is 39.3. The van der Waals surface area contributed by atoms with E-state index in [-0.39, 0.29) is 18.0 Å². The normalized spacial score (nSPS) is 12.9. The van der Waals surface area contributed by atoms with Crippen molar-refractivity contribution >= 4 is 17.8 Å². The first-order chi connectivity index (χ1) is 23.4. The average molecular weight is 677 g/mol. The number of aliphatic carboxylic acids is 1. The van der Waals surface area contributed by atoms with E-state index in [1.807, 2.05) is 0 Å². The molecule has 2 unspecified atom stereocenters. The first kappa shape index (κ1) is 45.9. The van der Waals surface area contributed by atoms with Gasteiger partial charge >= 0.3 is 11.9 Å². The summed E-state index contributed by atoms with van der Waals surface area (Å²) in [5.74, 6) is -1.26. The van der Waals surface area contributed by atoms with Crippen LogP contribution in [0.5, 0.6) is 0 Å². The van der Waals surface area contributed by atoms with Gasteiger partial charge in [-0.05, 0) is 96.4 Å². The molecule has 1 amide bonds. The zero-order chi connectivity index (χ0) is 35.3. The minimum atomic E-state index is -1.01. The van der Waals surface area contributed by atoms with Crippen LogP contribution < -0.4 is 11.1 Å². The lowest BCUT2D eigenvalue weighted by atomic mass is 10.0. The lowest BCUT2D eigenvalue weighted by Gasteiger charge is -2.18. The number of carbonyl (C=O) groups excluding carboxylic acids is 2. The molecule has 7 nitrogen and oxygen atoms in total. The SMILES string of the molecule is CCCC/C=C\CCCCCCCC(=O)OC(CCC/C=C\CCCCCCCC)CCCCCCCC(=O)NC(CCCN)C(=O)O. The third-order valence-electron chi connectivity index (χ3n) is 8.99.